The molecule has 1 nitrogen and oxygen atoms in total. The van der Waals surface area contributed by atoms with Gasteiger partial charge in [-0.1, -0.05) is 13.8 Å². The number of hydrogen-bond donors (Lipinski definition) is 0. The third-order valence-electron chi connectivity index (χ3n) is 1.93. The van der Waals surface area contributed by atoms with Gasteiger partial charge in [-0.15, -0.1) is 0 Å². The Labute approximate surface area is 66.6 Å². The Balaban J connectivity index is 2.42. The first-order valence-electron chi connectivity index (χ1n) is 3.83. The van der Waals surface area contributed by atoms with Crippen molar-refractivity contribution in [1.82, 2.24) is 0 Å². The van der Waals surface area contributed by atoms with E-state index in [9.17, 15) is 4.79 Å². The van der Waals surface area contributed by atoms with Gasteiger partial charge in [0.15, 0.2) is 0 Å². The van der Waals surface area contributed by atoms with Crippen LogP contribution in [0.1, 0.15) is 26.7 Å². The fourth-order valence-corrected chi connectivity index (χ4v) is 3.08. The largest absolute Gasteiger partial charge is 0.303 e. The molecule has 0 amide bonds. The molecular weight excluding hydrogens is 144 g/mol. The van der Waals surface area contributed by atoms with E-state index in [1.165, 1.54) is 0 Å². The maximum Gasteiger partial charge on any atom is 0.123 e. The molecule has 1 heterocycles. The maximum atomic E-state index is 10.4. The predicted octanol–water partition coefficient (Wildman–Crippen LogP) is 2.11. The summed E-state index contributed by atoms with van der Waals surface area (Å²) >= 11 is 2.00. The summed E-state index contributed by atoms with van der Waals surface area (Å²) in [5, 5.41) is 1.36. The van der Waals surface area contributed by atoms with Crippen LogP contribution in [0.4, 0.5) is 0 Å². The van der Waals surface area contributed by atoms with E-state index in [-0.39, 0.29) is 0 Å². The van der Waals surface area contributed by atoms with Crippen LogP contribution >= 0.6 is 11.8 Å². The van der Waals surface area contributed by atoms with Gasteiger partial charge in [-0.05, 0) is 12.8 Å². The van der Waals surface area contributed by atoms with Crippen LogP contribution in [-0.2, 0) is 4.79 Å². The standard InChI is InChI=1S/C8H14OS/c1-6-3-8(5-9)4-7(2)10-6/h5-8H,3-4H2,1-2H3. The molecule has 2 unspecified atom stereocenters. The highest BCUT2D eigenvalue weighted by atomic mass is 32.2. The van der Waals surface area contributed by atoms with E-state index in [0.717, 1.165) is 19.1 Å². The number of thioether (sulfide) groups is 1. The minimum Gasteiger partial charge on any atom is -0.303 e. The Kier molecular flexibility index (Phi) is 2.78. The lowest BCUT2D eigenvalue weighted by molar-refractivity contribution is -0.111. The van der Waals surface area contributed by atoms with Crippen molar-refractivity contribution in [3.63, 3.8) is 0 Å². The lowest BCUT2D eigenvalue weighted by atomic mass is 9.99. The molecule has 58 valence electrons. The second-order valence-electron chi connectivity index (χ2n) is 3.12. The molecule has 1 aliphatic rings. The molecule has 2 heteroatoms. The summed E-state index contributed by atoms with van der Waals surface area (Å²) in [6, 6.07) is 0. The highest BCUT2D eigenvalue weighted by molar-refractivity contribution is 8.00. The van der Waals surface area contributed by atoms with E-state index in [4.69, 9.17) is 0 Å². The Morgan fingerprint density at radius 1 is 1.30 bits per heavy atom. The van der Waals surface area contributed by atoms with Gasteiger partial charge < -0.3 is 4.79 Å². The Hall–Kier alpha value is 0.0200. The van der Waals surface area contributed by atoms with Crippen molar-refractivity contribution in [3.05, 3.63) is 0 Å². The summed E-state index contributed by atoms with van der Waals surface area (Å²) in [6.07, 6.45) is 3.28. The molecule has 1 saturated heterocycles. The van der Waals surface area contributed by atoms with Crippen LogP contribution < -0.4 is 0 Å². The Morgan fingerprint density at radius 2 is 1.80 bits per heavy atom. The van der Waals surface area contributed by atoms with Crippen LogP contribution in [0.25, 0.3) is 0 Å². The molecule has 2 atom stereocenters. The highest BCUT2D eigenvalue weighted by Crippen LogP contribution is 2.33. The van der Waals surface area contributed by atoms with Gasteiger partial charge in [0.25, 0.3) is 0 Å². The topological polar surface area (TPSA) is 17.1 Å². The van der Waals surface area contributed by atoms with Gasteiger partial charge >= 0.3 is 0 Å². The molecule has 0 radical (unpaired) electrons. The molecule has 0 aliphatic carbocycles. The minimum atomic E-state index is 0.339. The summed E-state index contributed by atoms with van der Waals surface area (Å²) in [4.78, 5) is 10.4. The SMILES string of the molecule is CC1CC(C=O)CC(C)S1. The van der Waals surface area contributed by atoms with E-state index in [0.29, 0.717) is 16.4 Å². The Bertz CT molecular complexity index is 114. The first-order valence-corrected chi connectivity index (χ1v) is 4.77. The van der Waals surface area contributed by atoms with Gasteiger partial charge in [0.1, 0.15) is 6.29 Å². The average Bonchev–Trinajstić information content (AvgIpc) is 1.85. The molecule has 0 spiro atoms. The maximum absolute atomic E-state index is 10.4. The first kappa shape index (κ1) is 8.12. The molecule has 0 aromatic heterocycles. The molecule has 10 heavy (non-hydrogen) atoms. The van der Waals surface area contributed by atoms with Crippen LogP contribution in [0.3, 0.4) is 0 Å². The molecule has 1 aliphatic heterocycles. The van der Waals surface area contributed by atoms with Crippen molar-refractivity contribution < 1.29 is 4.79 Å². The van der Waals surface area contributed by atoms with Crippen LogP contribution in [0.5, 0.6) is 0 Å². The summed E-state index contributed by atoms with van der Waals surface area (Å²) in [5.41, 5.74) is 0. The van der Waals surface area contributed by atoms with Gasteiger partial charge in [0.2, 0.25) is 0 Å². The lowest BCUT2D eigenvalue weighted by Gasteiger charge is -2.27. The number of rotatable bonds is 1. The van der Waals surface area contributed by atoms with Gasteiger partial charge in [-0.25, -0.2) is 0 Å². The third kappa shape index (κ3) is 2.01. The predicted molar refractivity (Wildman–Crippen MR) is 45.3 cm³/mol. The normalized spacial score (nSPS) is 41.2. The van der Waals surface area contributed by atoms with E-state index >= 15 is 0 Å². The second-order valence-corrected chi connectivity index (χ2v) is 5.01. The monoisotopic (exact) mass is 158 g/mol. The van der Waals surface area contributed by atoms with Gasteiger partial charge in [-0.3, -0.25) is 0 Å². The third-order valence-corrected chi connectivity index (χ3v) is 3.24. The molecule has 1 fully saturated rings. The number of carbonyl (C=O) groups is 1. The molecule has 0 N–H and O–H groups in total. The van der Waals surface area contributed by atoms with Crippen LogP contribution in [0, 0.1) is 5.92 Å². The van der Waals surface area contributed by atoms with Crippen LogP contribution in [-0.4, -0.2) is 16.8 Å². The van der Waals surface area contributed by atoms with Crippen molar-refractivity contribution >= 4 is 18.0 Å². The van der Waals surface area contributed by atoms with Crippen LogP contribution in [0.15, 0.2) is 0 Å². The quantitative estimate of drug-likeness (QED) is 0.544. The van der Waals surface area contributed by atoms with Gasteiger partial charge in [0.05, 0.1) is 0 Å². The molecule has 0 saturated carbocycles. The van der Waals surface area contributed by atoms with E-state index in [1.807, 2.05) is 11.8 Å². The molecular formula is C8H14OS. The van der Waals surface area contributed by atoms with Crippen molar-refractivity contribution in [3.8, 4) is 0 Å². The second kappa shape index (κ2) is 3.42. The van der Waals surface area contributed by atoms with Gasteiger partial charge in [0, 0.05) is 16.4 Å². The first-order chi connectivity index (χ1) is 4.72. The van der Waals surface area contributed by atoms with Crippen molar-refractivity contribution in [2.24, 2.45) is 5.92 Å². The number of hydrogen-bond acceptors (Lipinski definition) is 2. The zero-order valence-electron chi connectivity index (χ0n) is 6.54. The summed E-state index contributed by atoms with van der Waals surface area (Å²) < 4.78 is 0. The zero-order chi connectivity index (χ0) is 7.56. The molecule has 0 aromatic rings. The van der Waals surface area contributed by atoms with E-state index in [2.05, 4.69) is 13.8 Å². The molecule has 0 bridgehead atoms. The lowest BCUT2D eigenvalue weighted by Crippen LogP contribution is -2.21. The highest BCUT2D eigenvalue weighted by Gasteiger charge is 2.23. The summed E-state index contributed by atoms with van der Waals surface area (Å²) in [6.45, 7) is 4.41. The Morgan fingerprint density at radius 3 is 2.20 bits per heavy atom. The van der Waals surface area contributed by atoms with Crippen molar-refractivity contribution in [2.45, 2.75) is 37.2 Å². The van der Waals surface area contributed by atoms with Crippen LogP contribution in [0.2, 0.25) is 0 Å². The molecule has 0 aromatic carbocycles. The fraction of sp³-hybridized carbons (Fsp3) is 0.875. The minimum absolute atomic E-state index is 0.339. The van der Waals surface area contributed by atoms with Crippen molar-refractivity contribution in [1.29, 1.82) is 0 Å². The summed E-state index contributed by atoms with van der Waals surface area (Å²) in [5.74, 6) is 0.339. The van der Waals surface area contributed by atoms with Crippen molar-refractivity contribution in [2.75, 3.05) is 0 Å². The number of carbonyl (C=O) groups excluding carboxylic acids is 1. The van der Waals surface area contributed by atoms with E-state index < -0.39 is 0 Å². The van der Waals surface area contributed by atoms with Gasteiger partial charge in [-0.2, -0.15) is 11.8 Å². The fourth-order valence-electron chi connectivity index (χ4n) is 1.57. The smallest absolute Gasteiger partial charge is 0.123 e. The van der Waals surface area contributed by atoms with E-state index in [1.54, 1.807) is 0 Å². The summed E-state index contributed by atoms with van der Waals surface area (Å²) in [7, 11) is 0. The number of aldehydes is 1. The zero-order valence-corrected chi connectivity index (χ0v) is 7.36. The average molecular weight is 158 g/mol. The molecule has 1 rings (SSSR count).